The molecule has 2 heterocycles. The molecule has 0 saturated heterocycles. The van der Waals surface area contributed by atoms with E-state index < -0.39 is 0 Å². The number of Topliss-reactive ketones (excluding diaryl/α,β-unsaturated/α-hetero) is 1. The van der Waals surface area contributed by atoms with Crippen molar-refractivity contribution < 1.29 is 4.79 Å². The Kier molecular flexibility index (Phi) is 1.36. The Morgan fingerprint density at radius 2 is 2.25 bits per heavy atom. The van der Waals surface area contributed by atoms with Crippen LogP contribution >= 0.6 is 0 Å². The Labute approximate surface area is 67.9 Å². The standard InChI is InChI=1S/C7H6N4O/c1-4(12)5-6-7(10-2-8-5)11-3-9-6/h2-3H,1H3,(H,8,9,10,11). The van der Waals surface area contributed by atoms with Crippen LogP contribution in [0.3, 0.4) is 0 Å². The lowest BCUT2D eigenvalue weighted by atomic mass is 10.3. The molecule has 0 radical (unpaired) electrons. The molecule has 2 aromatic heterocycles. The Morgan fingerprint density at radius 1 is 1.42 bits per heavy atom. The summed E-state index contributed by atoms with van der Waals surface area (Å²) in [5, 5.41) is 0. The molecule has 12 heavy (non-hydrogen) atoms. The van der Waals surface area contributed by atoms with Gasteiger partial charge in [-0.2, -0.15) is 0 Å². The first kappa shape index (κ1) is 6.90. The van der Waals surface area contributed by atoms with E-state index in [1.54, 1.807) is 0 Å². The molecule has 0 atom stereocenters. The van der Waals surface area contributed by atoms with Gasteiger partial charge in [-0.25, -0.2) is 15.0 Å². The van der Waals surface area contributed by atoms with Crippen molar-refractivity contribution in [2.75, 3.05) is 0 Å². The predicted octanol–water partition coefficient (Wildman–Crippen LogP) is 0.555. The van der Waals surface area contributed by atoms with Crippen LogP contribution in [0.5, 0.6) is 0 Å². The molecule has 5 nitrogen and oxygen atoms in total. The number of H-pyrrole nitrogens is 1. The molecule has 0 spiro atoms. The van der Waals surface area contributed by atoms with Crippen LogP contribution in [-0.2, 0) is 0 Å². The molecule has 0 aliphatic carbocycles. The third-order valence-corrected chi connectivity index (χ3v) is 1.55. The van der Waals surface area contributed by atoms with Crippen LogP contribution in [0.15, 0.2) is 12.7 Å². The van der Waals surface area contributed by atoms with Crippen LogP contribution in [0, 0.1) is 0 Å². The number of carbonyl (C=O) groups is 1. The zero-order valence-electron chi connectivity index (χ0n) is 6.40. The van der Waals surface area contributed by atoms with Gasteiger partial charge >= 0.3 is 0 Å². The van der Waals surface area contributed by atoms with Gasteiger partial charge in [0.2, 0.25) is 0 Å². The fraction of sp³-hybridized carbons (Fsp3) is 0.143. The molecule has 0 saturated carbocycles. The van der Waals surface area contributed by atoms with Crippen molar-refractivity contribution in [3.63, 3.8) is 0 Å². The summed E-state index contributed by atoms with van der Waals surface area (Å²) in [6.45, 7) is 1.45. The average molecular weight is 162 g/mol. The van der Waals surface area contributed by atoms with Crippen molar-refractivity contribution >= 4 is 16.9 Å². The Bertz CT molecular complexity index is 434. The van der Waals surface area contributed by atoms with Crippen LogP contribution in [0.2, 0.25) is 0 Å². The molecule has 0 bridgehead atoms. The lowest BCUT2D eigenvalue weighted by molar-refractivity contribution is 0.101. The van der Waals surface area contributed by atoms with E-state index >= 15 is 0 Å². The zero-order valence-corrected chi connectivity index (χ0v) is 6.40. The highest BCUT2D eigenvalue weighted by molar-refractivity contribution is 6.01. The topological polar surface area (TPSA) is 71.5 Å². The molecule has 60 valence electrons. The predicted molar refractivity (Wildman–Crippen MR) is 41.7 cm³/mol. The number of nitrogens with zero attached hydrogens (tertiary/aromatic N) is 3. The van der Waals surface area contributed by atoms with E-state index in [1.165, 1.54) is 19.6 Å². The smallest absolute Gasteiger partial charge is 0.180 e. The van der Waals surface area contributed by atoms with Crippen LogP contribution < -0.4 is 0 Å². The monoisotopic (exact) mass is 162 g/mol. The first-order valence-corrected chi connectivity index (χ1v) is 3.44. The van der Waals surface area contributed by atoms with Crippen LogP contribution in [0.4, 0.5) is 0 Å². The van der Waals surface area contributed by atoms with E-state index in [1.807, 2.05) is 0 Å². The molecule has 0 amide bonds. The minimum atomic E-state index is -0.102. The molecule has 0 aromatic carbocycles. The highest BCUT2D eigenvalue weighted by Crippen LogP contribution is 2.08. The van der Waals surface area contributed by atoms with Gasteiger partial charge in [-0.3, -0.25) is 4.79 Å². The van der Waals surface area contributed by atoms with E-state index in [0.29, 0.717) is 16.9 Å². The largest absolute Gasteiger partial charge is 0.329 e. The molecule has 2 aromatic rings. The SMILES string of the molecule is CC(=O)c1ncnc2[nH]cnc12. The number of imidazole rings is 1. The van der Waals surface area contributed by atoms with E-state index in [-0.39, 0.29) is 5.78 Å². The second-order valence-corrected chi connectivity index (χ2v) is 2.38. The lowest BCUT2D eigenvalue weighted by Crippen LogP contribution is -1.98. The number of nitrogens with one attached hydrogen (secondary N) is 1. The van der Waals surface area contributed by atoms with Gasteiger partial charge in [0.15, 0.2) is 11.4 Å². The number of ketones is 1. The summed E-state index contributed by atoms with van der Waals surface area (Å²) < 4.78 is 0. The van der Waals surface area contributed by atoms with Gasteiger partial charge in [-0.05, 0) is 0 Å². The lowest BCUT2D eigenvalue weighted by Gasteiger charge is -1.92. The van der Waals surface area contributed by atoms with Gasteiger partial charge in [0.25, 0.3) is 0 Å². The van der Waals surface area contributed by atoms with E-state index in [9.17, 15) is 4.79 Å². The number of carbonyl (C=O) groups excluding carboxylic acids is 1. The van der Waals surface area contributed by atoms with Gasteiger partial charge < -0.3 is 4.98 Å². The first-order valence-electron chi connectivity index (χ1n) is 3.44. The number of hydrogen-bond acceptors (Lipinski definition) is 4. The average Bonchev–Trinajstić information content (AvgIpc) is 2.49. The normalized spacial score (nSPS) is 10.4. The minimum absolute atomic E-state index is 0.102. The third kappa shape index (κ3) is 0.868. The van der Waals surface area contributed by atoms with Crippen LogP contribution in [0.1, 0.15) is 17.4 Å². The second kappa shape index (κ2) is 2.37. The van der Waals surface area contributed by atoms with Gasteiger partial charge in [-0.1, -0.05) is 0 Å². The summed E-state index contributed by atoms with van der Waals surface area (Å²) in [5.41, 5.74) is 1.49. The van der Waals surface area contributed by atoms with Gasteiger partial charge in [0.1, 0.15) is 17.5 Å². The Balaban J connectivity index is 2.82. The molecule has 0 aliphatic heterocycles. The van der Waals surface area contributed by atoms with Crippen LogP contribution in [-0.4, -0.2) is 25.7 Å². The summed E-state index contributed by atoms with van der Waals surface area (Å²) in [6.07, 6.45) is 2.84. The Hall–Kier alpha value is -1.78. The molecule has 0 fully saturated rings. The summed E-state index contributed by atoms with van der Waals surface area (Å²) in [7, 11) is 0. The molecule has 2 rings (SSSR count). The molecular weight excluding hydrogens is 156 g/mol. The maximum Gasteiger partial charge on any atom is 0.180 e. The van der Waals surface area contributed by atoms with Crippen molar-refractivity contribution in [2.24, 2.45) is 0 Å². The molecule has 5 heteroatoms. The van der Waals surface area contributed by atoms with Gasteiger partial charge in [0, 0.05) is 6.92 Å². The van der Waals surface area contributed by atoms with Crippen molar-refractivity contribution in [3.05, 3.63) is 18.3 Å². The first-order chi connectivity index (χ1) is 5.79. The second-order valence-electron chi connectivity index (χ2n) is 2.38. The zero-order chi connectivity index (χ0) is 8.55. The number of hydrogen-bond donors (Lipinski definition) is 1. The summed E-state index contributed by atoms with van der Waals surface area (Å²) in [4.78, 5) is 25.5. The van der Waals surface area contributed by atoms with Crippen molar-refractivity contribution in [1.82, 2.24) is 19.9 Å². The maximum atomic E-state index is 11.0. The quantitative estimate of drug-likeness (QED) is 0.622. The molecule has 0 aliphatic rings. The number of aromatic nitrogens is 4. The minimum Gasteiger partial charge on any atom is -0.329 e. The third-order valence-electron chi connectivity index (χ3n) is 1.55. The summed E-state index contributed by atoms with van der Waals surface area (Å²) in [6, 6.07) is 0. The van der Waals surface area contributed by atoms with E-state index in [0.717, 1.165) is 0 Å². The van der Waals surface area contributed by atoms with Crippen molar-refractivity contribution in [2.45, 2.75) is 6.92 Å². The molecular formula is C7H6N4O. The molecule has 1 N–H and O–H groups in total. The van der Waals surface area contributed by atoms with Crippen molar-refractivity contribution in [3.8, 4) is 0 Å². The van der Waals surface area contributed by atoms with Gasteiger partial charge in [0.05, 0.1) is 6.33 Å². The van der Waals surface area contributed by atoms with Crippen LogP contribution in [0.25, 0.3) is 11.2 Å². The number of fused-ring (bicyclic) bond motifs is 1. The highest BCUT2D eigenvalue weighted by Gasteiger charge is 2.08. The highest BCUT2D eigenvalue weighted by atomic mass is 16.1. The molecule has 0 unspecified atom stereocenters. The van der Waals surface area contributed by atoms with Crippen molar-refractivity contribution in [1.29, 1.82) is 0 Å². The summed E-state index contributed by atoms with van der Waals surface area (Å²) >= 11 is 0. The van der Waals surface area contributed by atoms with E-state index in [2.05, 4.69) is 19.9 Å². The fourth-order valence-electron chi connectivity index (χ4n) is 1.02. The maximum absolute atomic E-state index is 11.0. The number of rotatable bonds is 1. The Morgan fingerprint density at radius 3 is 3.00 bits per heavy atom. The van der Waals surface area contributed by atoms with E-state index in [4.69, 9.17) is 0 Å². The van der Waals surface area contributed by atoms with Gasteiger partial charge in [-0.15, -0.1) is 0 Å². The fourth-order valence-corrected chi connectivity index (χ4v) is 1.02. The number of aromatic amines is 1. The summed E-state index contributed by atoms with van der Waals surface area (Å²) in [5.74, 6) is -0.102.